The van der Waals surface area contributed by atoms with Crippen LogP contribution in [0.4, 0.5) is 5.69 Å². The van der Waals surface area contributed by atoms with Crippen molar-refractivity contribution >= 4 is 31.7 Å². The number of non-ortho nitro benzene ring substituents is 1. The molecule has 0 N–H and O–H groups in total. The molecule has 0 radical (unpaired) electrons. The number of hydrogen-bond donors (Lipinski definition) is 0. The molecule has 0 atom stereocenters. The van der Waals surface area contributed by atoms with E-state index in [1.54, 1.807) is 16.8 Å². The van der Waals surface area contributed by atoms with E-state index in [1.165, 1.54) is 12.1 Å². The third-order valence-electron chi connectivity index (χ3n) is 5.29. The minimum atomic E-state index is -1.78. The molecule has 1 aromatic carbocycles. The van der Waals surface area contributed by atoms with Crippen molar-refractivity contribution in [2.45, 2.75) is 58.5 Å². The van der Waals surface area contributed by atoms with E-state index in [-0.39, 0.29) is 5.69 Å². The van der Waals surface area contributed by atoms with Crippen molar-refractivity contribution < 1.29 is 14.2 Å². The fourth-order valence-electron chi connectivity index (χ4n) is 2.97. The zero-order valence-corrected chi connectivity index (χ0v) is 17.9. The van der Waals surface area contributed by atoms with Gasteiger partial charge in [0.1, 0.15) is 8.07 Å². The van der Waals surface area contributed by atoms with Crippen molar-refractivity contribution in [3.63, 3.8) is 0 Å². The Hall–Kier alpha value is -1.97. The third kappa shape index (κ3) is 3.59. The van der Waals surface area contributed by atoms with E-state index in [0.29, 0.717) is 0 Å². The van der Waals surface area contributed by atoms with Crippen LogP contribution >= 0.6 is 0 Å². The van der Waals surface area contributed by atoms with E-state index < -0.39 is 31.3 Å². The van der Waals surface area contributed by atoms with E-state index in [1.807, 2.05) is 33.9 Å². The van der Waals surface area contributed by atoms with Crippen molar-refractivity contribution in [1.29, 1.82) is 0 Å². The van der Waals surface area contributed by atoms with Gasteiger partial charge in [-0.2, -0.15) is 5.10 Å². The average Bonchev–Trinajstić information content (AvgIpc) is 3.07. The summed E-state index contributed by atoms with van der Waals surface area (Å²) in [4.78, 5) is 10.5. The Balaban J connectivity index is 2.04. The highest BCUT2D eigenvalue weighted by Crippen LogP contribution is 2.36. The summed E-state index contributed by atoms with van der Waals surface area (Å²) < 4.78 is 14.2. The van der Waals surface area contributed by atoms with Crippen LogP contribution in [0, 0.1) is 10.1 Å². The molecule has 0 spiro atoms. The molecule has 1 aliphatic rings. The number of nitro benzene ring substituents is 1. The van der Waals surface area contributed by atoms with Gasteiger partial charge in [0.15, 0.2) is 0 Å². The molecular formula is C18H26BN3O4Si. The van der Waals surface area contributed by atoms with Gasteiger partial charge in [0.2, 0.25) is 0 Å². The Morgan fingerprint density at radius 1 is 1.07 bits per heavy atom. The molecule has 1 saturated heterocycles. The molecular weight excluding hydrogens is 361 g/mol. The largest absolute Gasteiger partial charge is 0.497 e. The molecule has 0 saturated carbocycles. The molecule has 0 amide bonds. The lowest BCUT2D eigenvalue weighted by atomic mass is 9.81. The van der Waals surface area contributed by atoms with Crippen LogP contribution in [0.1, 0.15) is 27.7 Å². The van der Waals surface area contributed by atoms with E-state index in [2.05, 4.69) is 19.6 Å². The van der Waals surface area contributed by atoms with E-state index >= 15 is 0 Å². The summed E-state index contributed by atoms with van der Waals surface area (Å²) in [7, 11) is -2.26. The summed E-state index contributed by atoms with van der Waals surface area (Å²) in [5.41, 5.74) is 0.907. The second kappa shape index (κ2) is 6.29. The number of rotatable bonds is 4. The molecule has 2 heterocycles. The van der Waals surface area contributed by atoms with Gasteiger partial charge < -0.3 is 9.31 Å². The average molecular weight is 387 g/mol. The lowest BCUT2D eigenvalue weighted by Crippen LogP contribution is -2.53. The fraction of sp³-hybridized carbons (Fsp3) is 0.500. The first-order chi connectivity index (χ1) is 12.3. The molecule has 27 heavy (non-hydrogen) atoms. The SMILES string of the molecule is CC1(C)OB(c2cn(-c3ccc([N+](=O)[O-])cc3)nc2[Si](C)(C)C)OC1(C)C. The molecule has 0 aliphatic carbocycles. The first kappa shape index (κ1) is 19.8. The summed E-state index contributed by atoms with van der Waals surface area (Å²) in [6.07, 6.45) is 1.93. The Kier molecular flexibility index (Phi) is 4.61. The molecule has 1 fully saturated rings. The first-order valence-corrected chi connectivity index (χ1v) is 12.5. The standard InChI is InChI=1S/C18H26BN3O4Si/c1-17(2)18(3,4)26-19(25-17)15-12-21(20-16(15)27(5,6)7)13-8-10-14(11-9-13)22(23)24/h8-12H,1-7H3. The monoisotopic (exact) mass is 387 g/mol. The molecule has 2 aromatic rings. The summed E-state index contributed by atoms with van der Waals surface area (Å²) in [5, 5.41) is 16.7. The van der Waals surface area contributed by atoms with E-state index in [4.69, 9.17) is 14.4 Å². The lowest BCUT2D eigenvalue weighted by Gasteiger charge is -2.32. The molecule has 144 valence electrons. The number of hydrogen-bond acceptors (Lipinski definition) is 5. The second-order valence-electron chi connectivity index (χ2n) is 8.99. The van der Waals surface area contributed by atoms with Crippen molar-refractivity contribution in [2.24, 2.45) is 0 Å². The van der Waals surface area contributed by atoms with Gasteiger partial charge in [-0.15, -0.1) is 0 Å². The molecule has 1 aliphatic heterocycles. The van der Waals surface area contributed by atoms with Crippen LogP contribution in [-0.2, 0) is 9.31 Å². The minimum Gasteiger partial charge on any atom is -0.399 e. The maximum atomic E-state index is 10.9. The highest BCUT2D eigenvalue weighted by molar-refractivity contribution is 6.91. The molecule has 0 bridgehead atoms. The Labute approximate surface area is 161 Å². The van der Waals surface area contributed by atoms with Gasteiger partial charge in [0, 0.05) is 29.1 Å². The molecule has 9 heteroatoms. The van der Waals surface area contributed by atoms with Gasteiger partial charge >= 0.3 is 7.12 Å². The summed E-state index contributed by atoms with van der Waals surface area (Å²) in [6, 6.07) is 6.37. The fourth-order valence-corrected chi connectivity index (χ4v) is 4.43. The maximum absolute atomic E-state index is 10.9. The van der Waals surface area contributed by atoms with Gasteiger partial charge in [-0.05, 0) is 39.8 Å². The van der Waals surface area contributed by atoms with Crippen LogP contribution in [0.15, 0.2) is 30.5 Å². The Morgan fingerprint density at radius 3 is 2.04 bits per heavy atom. The first-order valence-electron chi connectivity index (χ1n) is 9.02. The minimum absolute atomic E-state index is 0.0579. The smallest absolute Gasteiger partial charge is 0.399 e. The summed E-state index contributed by atoms with van der Waals surface area (Å²) >= 11 is 0. The van der Waals surface area contributed by atoms with Crippen molar-refractivity contribution in [2.75, 3.05) is 0 Å². The van der Waals surface area contributed by atoms with Crippen molar-refractivity contribution in [3.05, 3.63) is 40.6 Å². The van der Waals surface area contributed by atoms with Crippen molar-refractivity contribution in [3.8, 4) is 5.69 Å². The lowest BCUT2D eigenvalue weighted by molar-refractivity contribution is -0.384. The van der Waals surface area contributed by atoms with E-state index in [0.717, 1.165) is 16.5 Å². The highest BCUT2D eigenvalue weighted by atomic mass is 28.3. The third-order valence-corrected chi connectivity index (χ3v) is 7.09. The highest BCUT2D eigenvalue weighted by Gasteiger charge is 2.53. The molecule has 3 rings (SSSR count). The number of nitrogens with zero attached hydrogens (tertiary/aromatic N) is 3. The van der Waals surface area contributed by atoms with Gasteiger partial charge in [-0.3, -0.25) is 10.1 Å². The molecule has 7 nitrogen and oxygen atoms in total. The zero-order valence-electron chi connectivity index (χ0n) is 16.9. The predicted molar refractivity (Wildman–Crippen MR) is 109 cm³/mol. The van der Waals surface area contributed by atoms with Gasteiger partial charge in [-0.25, -0.2) is 4.68 Å². The summed E-state index contributed by atoms with van der Waals surface area (Å²) in [5.74, 6) is 0. The number of aromatic nitrogens is 2. The topological polar surface area (TPSA) is 79.4 Å². The Morgan fingerprint density at radius 2 is 1.59 bits per heavy atom. The number of nitro groups is 1. The van der Waals surface area contributed by atoms with Crippen LogP contribution in [-0.4, -0.2) is 41.1 Å². The van der Waals surface area contributed by atoms with Crippen LogP contribution in [0.25, 0.3) is 5.69 Å². The second-order valence-corrected chi connectivity index (χ2v) is 14.0. The van der Waals surface area contributed by atoms with Crippen LogP contribution in [0.2, 0.25) is 19.6 Å². The van der Waals surface area contributed by atoms with Crippen molar-refractivity contribution in [1.82, 2.24) is 9.78 Å². The predicted octanol–water partition coefficient (Wildman–Crippen LogP) is 2.62. The van der Waals surface area contributed by atoms with Crippen LogP contribution < -0.4 is 10.8 Å². The van der Waals surface area contributed by atoms with Crippen LogP contribution in [0.5, 0.6) is 0 Å². The summed E-state index contributed by atoms with van der Waals surface area (Å²) in [6.45, 7) is 14.8. The normalized spacial score (nSPS) is 18.7. The van der Waals surface area contributed by atoms with Gasteiger partial charge in [0.05, 0.1) is 21.8 Å². The molecule has 0 unspecified atom stereocenters. The van der Waals surface area contributed by atoms with E-state index in [9.17, 15) is 10.1 Å². The maximum Gasteiger partial charge on any atom is 0.497 e. The quantitative estimate of drug-likeness (QED) is 0.458. The Bertz CT molecular complexity index is 856. The molecule has 1 aromatic heterocycles. The number of benzene rings is 1. The van der Waals surface area contributed by atoms with Gasteiger partial charge in [-0.1, -0.05) is 19.6 Å². The zero-order chi connectivity index (χ0) is 20.2. The van der Waals surface area contributed by atoms with Crippen LogP contribution in [0.3, 0.4) is 0 Å². The van der Waals surface area contributed by atoms with Gasteiger partial charge in [0.25, 0.3) is 5.69 Å².